The lowest BCUT2D eigenvalue weighted by molar-refractivity contribution is -0.138. The van der Waals surface area contributed by atoms with Crippen molar-refractivity contribution in [2.75, 3.05) is 6.61 Å². The van der Waals surface area contributed by atoms with E-state index in [9.17, 15) is 38.1 Å². The monoisotopic (exact) mass is 479 g/mol. The fraction of sp³-hybridized carbons (Fsp3) is 0.318. The van der Waals surface area contributed by atoms with Crippen LogP contribution in [0.2, 0.25) is 0 Å². The van der Waals surface area contributed by atoms with Gasteiger partial charge in [0, 0.05) is 18.5 Å². The first-order valence-electron chi connectivity index (χ1n) is 10.2. The molecule has 3 aromatic rings. The molecule has 0 spiro atoms. The Morgan fingerprint density at radius 3 is 2.35 bits per heavy atom. The molecule has 0 amide bonds. The summed E-state index contributed by atoms with van der Waals surface area (Å²) in [6, 6.07) is 9.93. The molecule has 0 saturated carbocycles. The van der Waals surface area contributed by atoms with Crippen LogP contribution in [0.3, 0.4) is 0 Å². The lowest BCUT2D eigenvalue weighted by Crippen LogP contribution is -2.43. The number of nitrogens with zero attached hydrogens (tertiary/aromatic N) is 3. The normalized spacial score (nSPS) is 22.8. The maximum absolute atomic E-state index is 14.1. The second-order valence-electron chi connectivity index (χ2n) is 7.70. The summed E-state index contributed by atoms with van der Waals surface area (Å²) in [5.41, 5.74) is -3.49. The highest BCUT2D eigenvalue weighted by Gasteiger charge is 2.44. The number of hydrogen-bond acceptors (Lipinski definition) is 7. The highest BCUT2D eigenvalue weighted by atomic mass is 19.4. The molecule has 9 nitrogen and oxygen atoms in total. The molecule has 1 aliphatic heterocycles. The summed E-state index contributed by atoms with van der Waals surface area (Å²) in [6.07, 6.45) is -8.46. The summed E-state index contributed by atoms with van der Waals surface area (Å²) in [4.78, 5) is 29.3. The number of hydrogen-bond donors (Lipinski definition) is 3. The molecule has 0 radical (unpaired) electrons. The topological polar surface area (TPSA) is 127 Å². The van der Waals surface area contributed by atoms with Crippen molar-refractivity contribution >= 4 is 0 Å². The van der Waals surface area contributed by atoms with E-state index in [4.69, 9.17) is 4.74 Å². The van der Waals surface area contributed by atoms with Gasteiger partial charge in [-0.1, -0.05) is 30.3 Å². The zero-order valence-corrected chi connectivity index (χ0v) is 17.5. The molecular formula is C22H20F3N3O6. The molecule has 1 unspecified atom stereocenters. The number of pyridine rings is 1. The lowest BCUT2D eigenvalue weighted by atomic mass is 9.98. The zero-order chi connectivity index (χ0) is 24.6. The van der Waals surface area contributed by atoms with Crippen molar-refractivity contribution in [3.8, 4) is 11.1 Å². The number of benzene rings is 1. The van der Waals surface area contributed by atoms with Gasteiger partial charge in [-0.3, -0.25) is 18.9 Å². The summed E-state index contributed by atoms with van der Waals surface area (Å²) in [5, 5.41) is 29.4. The first-order chi connectivity index (χ1) is 16.1. The first-order valence-corrected chi connectivity index (χ1v) is 10.2. The number of ether oxygens (including phenoxy) is 1. The van der Waals surface area contributed by atoms with Crippen LogP contribution in [0.4, 0.5) is 13.2 Å². The van der Waals surface area contributed by atoms with Crippen LogP contribution in [0.1, 0.15) is 17.5 Å². The van der Waals surface area contributed by atoms with Gasteiger partial charge in [0.2, 0.25) is 0 Å². The van der Waals surface area contributed by atoms with Crippen molar-refractivity contribution in [1.82, 2.24) is 14.1 Å². The Morgan fingerprint density at radius 1 is 1.03 bits per heavy atom. The fourth-order valence-electron chi connectivity index (χ4n) is 3.93. The van der Waals surface area contributed by atoms with Crippen LogP contribution in [0, 0.1) is 0 Å². The molecule has 2 aromatic heterocycles. The SMILES string of the molecule is O=c1ccn([C@@H]2O[C@H](CO)[C@H](O)C2O)c(=O)n1Cc1nccc(-c2ccccc2)c1C(F)(F)F. The molecule has 4 atom stereocenters. The van der Waals surface area contributed by atoms with E-state index >= 15 is 0 Å². The third kappa shape index (κ3) is 4.28. The van der Waals surface area contributed by atoms with Crippen molar-refractivity contribution in [2.45, 2.75) is 37.3 Å². The van der Waals surface area contributed by atoms with Crippen molar-refractivity contribution in [3.05, 3.63) is 87.0 Å². The van der Waals surface area contributed by atoms with E-state index in [1.165, 1.54) is 18.2 Å². The average molecular weight is 479 g/mol. The predicted octanol–water partition coefficient (Wildman–Crippen LogP) is 0.751. The van der Waals surface area contributed by atoms with Gasteiger partial charge in [0.25, 0.3) is 5.56 Å². The Labute approximate surface area is 189 Å². The molecule has 3 N–H and O–H groups in total. The minimum absolute atomic E-state index is 0.161. The number of aromatic nitrogens is 3. The van der Waals surface area contributed by atoms with Gasteiger partial charge in [-0.05, 0) is 17.2 Å². The number of alkyl halides is 3. The van der Waals surface area contributed by atoms with Crippen LogP contribution in [0.15, 0.2) is 64.4 Å². The standard InChI is InChI=1S/C22H20F3N3O6/c23-22(24,25)17-13(12-4-2-1-3-5-12)6-8-26-14(17)10-28-16(30)7-9-27(21(28)33)20-19(32)18(31)15(11-29)34-20/h1-9,15,18-20,29,31-32H,10-11H2/t15-,18+,19?,20-/m1/s1. The highest BCUT2D eigenvalue weighted by molar-refractivity contribution is 5.68. The molecule has 4 rings (SSSR count). The van der Waals surface area contributed by atoms with Gasteiger partial charge in [0.1, 0.15) is 18.3 Å². The van der Waals surface area contributed by atoms with Crippen LogP contribution in [0.5, 0.6) is 0 Å². The molecule has 34 heavy (non-hydrogen) atoms. The quantitative estimate of drug-likeness (QED) is 0.493. The van der Waals surface area contributed by atoms with Crippen LogP contribution < -0.4 is 11.2 Å². The maximum atomic E-state index is 14.1. The second kappa shape index (κ2) is 9.14. The van der Waals surface area contributed by atoms with Crippen LogP contribution in [-0.4, -0.2) is 54.4 Å². The van der Waals surface area contributed by atoms with Crippen LogP contribution in [0.25, 0.3) is 11.1 Å². The number of aliphatic hydroxyl groups excluding tert-OH is 3. The number of rotatable bonds is 5. The summed E-state index contributed by atoms with van der Waals surface area (Å²) in [7, 11) is 0. The molecule has 3 heterocycles. The van der Waals surface area contributed by atoms with E-state index in [0.29, 0.717) is 4.57 Å². The molecule has 180 valence electrons. The van der Waals surface area contributed by atoms with Gasteiger partial charge < -0.3 is 20.1 Å². The number of halogens is 3. The molecule has 0 aliphatic carbocycles. The first kappa shape index (κ1) is 23.8. The van der Waals surface area contributed by atoms with E-state index in [2.05, 4.69) is 4.98 Å². The Hall–Kier alpha value is -3.32. The third-order valence-electron chi connectivity index (χ3n) is 5.59. The van der Waals surface area contributed by atoms with E-state index in [-0.39, 0.29) is 11.1 Å². The van der Waals surface area contributed by atoms with Gasteiger partial charge in [0.15, 0.2) is 6.23 Å². The summed E-state index contributed by atoms with van der Waals surface area (Å²) < 4.78 is 48.9. The van der Waals surface area contributed by atoms with Gasteiger partial charge in [0.05, 0.1) is 24.4 Å². The Bertz CT molecular complexity index is 1290. The van der Waals surface area contributed by atoms with Crippen molar-refractivity contribution in [3.63, 3.8) is 0 Å². The third-order valence-corrected chi connectivity index (χ3v) is 5.59. The van der Waals surface area contributed by atoms with Crippen molar-refractivity contribution in [2.24, 2.45) is 0 Å². The van der Waals surface area contributed by atoms with Crippen LogP contribution in [-0.2, 0) is 17.5 Å². The number of aliphatic hydroxyl groups is 3. The molecule has 1 fully saturated rings. The maximum Gasteiger partial charge on any atom is 0.418 e. The Kier molecular flexibility index (Phi) is 6.41. The average Bonchev–Trinajstić information content (AvgIpc) is 3.10. The lowest BCUT2D eigenvalue weighted by Gasteiger charge is -2.20. The minimum Gasteiger partial charge on any atom is -0.394 e. The van der Waals surface area contributed by atoms with Crippen molar-refractivity contribution < 1.29 is 33.2 Å². The summed E-state index contributed by atoms with van der Waals surface area (Å²) in [5.74, 6) is 0. The van der Waals surface area contributed by atoms with Crippen LogP contribution >= 0.6 is 0 Å². The van der Waals surface area contributed by atoms with Gasteiger partial charge in [-0.15, -0.1) is 0 Å². The Morgan fingerprint density at radius 2 is 1.74 bits per heavy atom. The fourth-order valence-corrected chi connectivity index (χ4v) is 3.93. The van der Waals surface area contributed by atoms with E-state index < -0.39 is 66.4 Å². The molecule has 0 bridgehead atoms. The molecule has 12 heteroatoms. The molecule has 1 saturated heterocycles. The van der Waals surface area contributed by atoms with E-state index in [1.54, 1.807) is 18.2 Å². The smallest absolute Gasteiger partial charge is 0.394 e. The molecular weight excluding hydrogens is 459 g/mol. The summed E-state index contributed by atoms with van der Waals surface area (Å²) >= 11 is 0. The Balaban J connectivity index is 1.81. The van der Waals surface area contributed by atoms with Gasteiger partial charge in [-0.25, -0.2) is 4.79 Å². The summed E-state index contributed by atoms with van der Waals surface area (Å²) in [6.45, 7) is -1.45. The minimum atomic E-state index is -4.84. The molecule has 1 aromatic carbocycles. The highest BCUT2D eigenvalue weighted by Crippen LogP contribution is 2.38. The largest absolute Gasteiger partial charge is 0.418 e. The van der Waals surface area contributed by atoms with Gasteiger partial charge in [-0.2, -0.15) is 13.2 Å². The molecule has 1 aliphatic rings. The van der Waals surface area contributed by atoms with Crippen molar-refractivity contribution in [1.29, 1.82) is 0 Å². The van der Waals surface area contributed by atoms with E-state index in [0.717, 1.165) is 23.0 Å². The predicted molar refractivity (Wildman–Crippen MR) is 112 cm³/mol. The van der Waals surface area contributed by atoms with E-state index in [1.807, 2.05) is 0 Å². The zero-order valence-electron chi connectivity index (χ0n) is 17.5. The second-order valence-corrected chi connectivity index (χ2v) is 7.70. The van der Waals surface area contributed by atoms with Gasteiger partial charge >= 0.3 is 11.9 Å².